The van der Waals surface area contributed by atoms with Crippen molar-refractivity contribution in [2.24, 2.45) is 5.92 Å². The van der Waals surface area contributed by atoms with Gasteiger partial charge in [0.05, 0.1) is 7.11 Å². The smallest absolute Gasteiger partial charge is 0.305 e. The van der Waals surface area contributed by atoms with Gasteiger partial charge in [0.2, 0.25) is 0 Å². The molecule has 0 spiro atoms. The van der Waals surface area contributed by atoms with Crippen LogP contribution in [0.5, 0.6) is 0 Å². The van der Waals surface area contributed by atoms with Crippen LogP contribution in [-0.2, 0) is 9.53 Å². The van der Waals surface area contributed by atoms with Crippen LogP contribution in [0.3, 0.4) is 0 Å². The van der Waals surface area contributed by atoms with Crippen LogP contribution in [0.1, 0.15) is 39.0 Å². The molecule has 1 rings (SSSR count). The Kier molecular flexibility index (Phi) is 5.69. The summed E-state index contributed by atoms with van der Waals surface area (Å²) in [6, 6.07) is 0. The fraction of sp³-hybridized carbons (Fsp3) is 0.917. The number of hydrogen-bond donors (Lipinski definition) is 0. The molecule has 0 N–H and O–H groups in total. The van der Waals surface area contributed by atoms with Gasteiger partial charge in [0, 0.05) is 13.0 Å². The van der Waals surface area contributed by atoms with E-state index in [1.54, 1.807) is 0 Å². The van der Waals surface area contributed by atoms with Crippen molar-refractivity contribution in [2.75, 3.05) is 26.7 Å². The van der Waals surface area contributed by atoms with Crippen LogP contribution in [0.15, 0.2) is 0 Å². The number of carbonyl (C=O) groups is 1. The van der Waals surface area contributed by atoms with Crippen LogP contribution in [0, 0.1) is 5.92 Å². The molecular formula is C12H23NO2. The van der Waals surface area contributed by atoms with Crippen LogP contribution < -0.4 is 0 Å². The summed E-state index contributed by atoms with van der Waals surface area (Å²) >= 11 is 0. The van der Waals surface area contributed by atoms with Gasteiger partial charge in [-0.2, -0.15) is 0 Å². The lowest BCUT2D eigenvalue weighted by atomic mass is 10.2. The van der Waals surface area contributed by atoms with Gasteiger partial charge in [0.15, 0.2) is 0 Å². The Morgan fingerprint density at radius 1 is 1.40 bits per heavy atom. The van der Waals surface area contributed by atoms with Crippen LogP contribution in [0.4, 0.5) is 0 Å². The topological polar surface area (TPSA) is 29.5 Å². The highest BCUT2D eigenvalue weighted by molar-refractivity contribution is 5.69. The molecule has 1 fully saturated rings. The standard InChI is InChI=1S/C12H23NO2/c1-3-8-13(10-11-6-7-11)9-4-5-12(14)15-2/h11H,3-10H2,1-2H3. The second-order valence-electron chi connectivity index (χ2n) is 4.42. The number of methoxy groups -OCH3 is 1. The zero-order chi connectivity index (χ0) is 11.1. The summed E-state index contributed by atoms with van der Waals surface area (Å²) in [5.74, 6) is 0.854. The van der Waals surface area contributed by atoms with E-state index < -0.39 is 0 Å². The van der Waals surface area contributed by atoms with Gasteiger partial charge in [0.25, 0.3) is 0 Å². The number of nitrogens with zero attached hydrogens (tertiary/aromatic N) is 1. The van der Waals surface area contributed by atoms with Gasteiger partial charge in [-0.1, -0.05) is 6.92 Å². The lowest BCUT2D eigenvalue weighted by Gasteiger charge is -2.20. The van der Waals surface area contributed by atoms with E-state index in [-0.39, 0.29) is 5.97 Å². The van der Waals surface area contributed by atoms with E-state index in [2.05, 4.69) is 16.6 Å². The van der Waals surface area contributed by atoms with Crippen molar-refractivity contribution in [1.82, 2.24) is 4.90 Å². The summed E-state index contributed by atoms with van der Waals surface area (Å²) in [5, 5.41) is 0. The predicted molar refractivity (Wildman–Crippen MR) is 60.7 cm³/mol. The third-order valence-corrected chi connectivity index (χ3v) is 2.84. The quantitative estimate of drug-likeness (QED) is 0.578. The van der Waals surface area contributed by atoms with Gasteiger partial charge in [-0.25, -0.2) is 0 Å². The minimum Gasteiger partial charge on any atom is -0.469 e. The van der Waals surface area contributed by atoms with Crippen molar-refractivity contribution >= 4 is 5.97 Å². The Hall–Kier alpha value is -0.570. The maximum Gasteiger partial charge on any atom is 0.305 e. The van der Waals surface area contributed by atoms with E-state index in [1.807, 2.05) is 0 Å². The average Bonchev–Trinajstić information content (AvgIpc) is 3.01. The van der Waals surface area contributed by atoms with E-state index in [4.69, 9.17) is 0 Å². The first-order chi connectivity index (χ1) is 7.26. The molecule has 0 bridgehead atoms. The monoisotopic (exact) mass is 213 g/mol. The first-order valence-electron chi connectivity index (χ1n) is 6.05. The van der Waals surface area contributed by atoms with E-state index in [9.17, 15) is 4.79 Å². The molecule has 0 aromatic carbocycles. The second-order valence-corrected chi connectivity index (χ2v) is 4.42. The SMILES string of the molecule is CCCN(CCCC(=O)OC)CC1CC1. The summed E-state index contributed by atoms with van der Waals surface area (Å²) in [5.41, 5.74) is 0. The fourth-order valence-corrected chi connectivity index (χ4v) is 1.83. The highest BCUT2D eigenvalue weighted by Crippen LogP contribution is 2.29. The normalized spacial score (nSPS) is 15.7. The summed E-state index contributed by atoms with van der Waals surface area (Å²) < 4.78 is 4.63. The van der Waals surface area contributed by atoms with Crippen molar-refractivity contribution in [1.29, 1.82) is 0 Å². The molecule has 15 heavy (non-hydrogen) atoms. The third-order valence-electron chi connectivity index (χ3n) is 2.84. The number of ether oxygens (including phenoxy) is 1. The molecule has 0 radical (unpaired) electrons. The van der Waals surface area contributed by atoms with Crippen molar-refractivity contribution in [3.8, 4) is 0 Å². The fourth-order valence-electron chi connectivity index (χ4n) is 1.83. The van der Waals surface area contributed by atoms with E-state index in [0.29, 0.717) is 6.42 Å². The Morgan fingerprint density at radius 3 is 2.67 bits per heavy atom. The molecule has 0 saturated heterocycles. The van der Waals surface area contributed by atoms with E-state index in [0.717, 1.165) is 25.4 Å². The first kappa shape index (κ1) is 12.5. The summed E-state index contributed by atoms with van der Waals surface area (Å²) in [7, 11) is 1.45. The van der Waals surface area contributed by atoms with Gasteiger partial charge >= 0.3 is 5.97 Å². The largest absolute Gasteiger partial charge is 0.469 e. The maximum atomic E-state index is 10.9. The lowest BCUT2D eigenvalue weighted by Crippen LogP contribution is -2.28. The van der Waals surface area contributed by atoms with Crippen molar-refractivity contribution in [3.63, 3.8) is 0 Å². The van der Waals surface area contributed by atoms with Gasteiger partial charge in [0.1, 0.15) is 0 Å². The molecule has 0 aliphatic heterocycles. The molecule has 0 aromatic heterocycles. The van der Waals surface area contributed by atoms with Crippen molar-refractivity contribution in [2.45, 2.75) is 39.0 Å². The molecule has 1 saturated carbocycles. The minimum absolute atomic E-state index is 0.0853. The molecule has 3 heteroatoms. The molecule has 1 aliphatic rings. The van der Waals surface area contributed by atoms with Gasteiger partial charge < -0.3 is 9.64 Å². The molecular weight excluding hydrogens is 190 g/mol. The van der Waals surface area contributed by atoms with Crippen molar-refractivity contribution in [3.05, 3.63) is 0 Å². The summed E-state index contributed by atoms with van der Waals surface area (Å²) in [4.78, 5) is 13.4. The predicted octanol–water partition coefficient (Wildman–Crippen LogP) is 2.06. The maximum absolute atomic E-state index is 10.9. The molecule has 0 atom stereocenters. The van der Waals surface area contributed by atoms with E-state index >= 15 is 0 Å². The average molecular weight is 213 g/mol. The van der Waals surface area contributed by atoms with E-state index in [1.165, 1.54) is 32.9 Å². The number of esters is 1. The van der Waals surface area contributed by atoms with Crippen molar-refractivity contribution < 1.29 is 9.53 Å². The van der Waals surface area contributed by atoms with Crippen LogP contribution in [0.2, 0.25) is 0 Å². The third kappa shape index (κ3) is 5.78. The Balaban J connectivity index is 2.09. The Morgan fingerprint density at radius 2 is 2.13 bits per heavy atom. The molecule has 3 nitrogen and oxygen atoms in total. The van der Waals surface area contributed by atoms with Gasteiger partial charge in [-0.3, -0.25) is 4.79 Å². The van der Waals surface area contributed by atoms with Gasteiger partial charge in [-0.15, -0.1) is 0 Å². The van der Waals surface area contributed by atoms with Crippen LogP contribution in [0.25, 0.3) is 0 Å². The van der Waals surface area contributed by atoms with Gasteiger partial charge in [-0.05, 0) is 44.7 Å². The minimum atomic E-state index is -0.0853. The molecule has 0 heterocycles. The van der Waals surface area contributed by atoms with Crippen LogP contribution >= 0.6 is 0 Å². The first-order valence-corrected chi connectivity index (χ1v) is 6.05. The number of carbonyl (C=O) groups excluding carboxylic acids is 1. The lowest BCUT2D eigenvalue weighted by molar-refractivity contribution is -0.140. The number of rotatable bonds is 8. The molecule has 1 aliphatic carbocycles. The summed E-state index contributed by atoms with van der Waals surface area (Å²) in [6.07, 6.45) is 5.49. The van der Waals surface area contributed by atoms with Crippen LogP contribution in [-0.4, -0.2) is 37.6 Å². The zero-order valence-corrected chi connectivity index (χ0v) is 10.00. The zero-order valence-electron chi connectivity index (χ0n) is 10.00. The summed E-state index contributed by atoms with van der Waals surface area (Å²) in [6.45, 7) is 5.65. The number of hydrogen-bond acceptors (Lipinski definition) is 3. The molecule has 88 valence electrons. The molecule has 0 amide bonds. The Bertz CT molecular complexity index is 190. The molecule has 0 aromatic rings. The Labute approximate surface area is 92.8 Å². The highest BCUT2D eigenvalue weighted by atomic mass is 16.5. The highest BCUT2D eigenvalue weighted by Gasteiger charge is 2.23. The molecule has 0 unspecified atom stereocenters. The second kappa shape index (κ2) is 6.83.